The Balaban J connectivity index is 2.28. The molecular weight excluding hydrogens is 246 g/mol. The summed E-state index contributed by atoms with van der Waals surface area (Å²) in [6.07, 6.45) is -0.334. The minimum Gasteiger partial charge on any atom is -0.491 e. The fourth-order valence-corrected chi connectivity index (χ4v) is 1.58. The van der Waals surface area contributed by atoms with Crippen LogP contribution in [-0.2, 0) is 14.2 Å². The molecule has 1 aromatic carbocycles. The summed E-state index contributed by atoms with van der Waals surface area (Å²) >= 11 is 0. The van der Waals surface area contributed by atoms with Crippen LogP contribution in [0.15, 0.2) is 24.3 Å². The van der Waals surface area contributed by atoms with E-state index in [0.29, 0.717) is 19.8 Å². The molecule has 1 rings (SSSR count). The molecule has 108 valence electrons. The quantitative estimate of drug-likeness (QED) is 0.516. The highest BCUT2D eigenvalue weighted by Gasteiger charge is 2.08. The van der Waals surface area contributed by atoms with Gasteiger partial charge in [0.1, 0.15) is 12.4 Å². The van der Waals surface area contributed by atoms with Crippen molar-refractivity contribution in [2.24, 2.45) is 0 Å². The standard InChI is InChI=1S/C14H23NO4/c1-15-8-9-18-10-11-19-13-6-4-12(5-7-13)14(16-2)17-3/h4-7,14-15H,8-11H2,1-3H3. The summed E-state index contributed by atoms with van der Waals surface area (Å²) in [6.45, 7) is 2.68. The Hall–Kier alpha value is -1.14. The molecule has 0 saturated heterocycles. The molecule has 0 aromatic heterocycles. The lowest BCUT2D eigenvalue weighted by molar-refractivity contribution is -0.106. The zero-order chi connectivity index (χ0) is 13.9. The van der Waals surface area contributed by atoms with Crippen LogP contribution in [0, 0.1) is 0 Å². The average Bonchev–Trinajstić information content (AvgIpc) is 2.45. The van der Waals surface area contributed by atoms with Gasteiger partial charge in [-0.15, -0.1) is 0 Å². The molecule has 5 nitrogen and oxygen atoms in total. The van der Waals surface area contributed by atoms with Gasteiger partial charge in [-0.25, -0.2) is 0 Å². The van der Waals surface area contributed by atoms with Gasteiger partial charge in [-0.2, -0.15) is 0 Å². The van der Waals surface area contributed by atoms with Crippen LogP contribution in [0.4, 0.5) is 0 Å². The van der Waals surface area contributed by atoms with E-state index in [9.17, 15) is 0 Å². The van der Waals surface area contributed by atoms with Crippen LogP contribution in [0.3, 0.4) is 0 Å². The molecule has 0 aliphatic carbocycles. The van der Waals surface area contributed by atoms with E-state index in [0.717, 1.165) is 17.9 Å². The molecule has 0 saturated carbocycles. The van der Waals surface area contributed by atoms with Crippen molar-refractivity contribution in [1.29, 1.82) is 0 Å². The first-order valence-corrected chi connectivity index (χ1v) is 6.32. The van der Waals surface area contributed by atoms with Crippen LogP contribution in [0.2, 0.25) is 0 Å². The maximum absolute atomic E-state index is 5.56. The van der Waals surface area contributed by atoms with E-state index >= 15 is 0 Å². The van der Waals surface area contributed by atoms with Crippen molar-refractivity contribution in [1.82, 2.24) is 5.32 Å². The average molecular weight is 269 g/mol. The van der Waals surface area contributed by atoms with Crippen molar-refractivity contribution in [3.05, 3.63) is 29.8 Å². The van der Waals surface area contributed by atoms with Crippen molar-refractivity contribution in [3.8, 4) is 5.75 Å². The van der Waals surface area contributed by atoms with Crippen LogP contribution in [0.25, 0.3) is 0 Å². The van der Waals surface area contributed by atoms with Crippen molar-refractivity contribution in [2.45, 2.75) is 6.29 Å². The third-order valence-corrected chi connectivity index (χ3v) is 2.57. The number of likely N-dealkylation sites (N-methyl/N-ethyl adjacent to an activating group) is 1. The fourth-order valence-electron chi connectivity index (χ4n) is 1.58. The third kappa shape index (κ3) is 6.02. The number of benzene rings is 1. The molecule has 5 heteroatoms. The van der Waals surface area contributed by atoms with E-state index in [1.807, 2.05) is 31.3 Å². The van der Waals surface area contributed by atoms with Gasteiger partial charge in [0, 0.05) is 26.3 Å². The summed E-state index contributed by atoms with van der Waals surface area (Å²) in [5, 5.41) is 3.01. The lowest BCUT2D eigenvalue weighted by atomic mass is 10.2. The van der Waals surface area contributed by atoms with Crippen LogP contribution in [-0.4, -0.2) is 47.6 Å². The Labute approximate surface area is 114 Å². The first-order valence-electron chi connectivity index (χ1n) is 6.32. The van der Waals surface area contributed by atoms with E-state index < -0.39 is 0 Å². The molecule has 0 aliphatic rings. The van der Waals surface area contributed by atoms with Gasteiger partial charge in [0.2, 0.25) is 0 Å². The number of rotatable bonds is 10. The molecule has 0 heterocycles. The van der Waals surface area contributed by atoms with Crippen LogP contribution >= 0.6 is 0 Å². The fraction of sp³-hybridized carbons (Fsp3) is 0.571. The van der Waals surface area contributed by atoms with E-state index in [2.05, 4.69) is 5.32 Å². The topological polar surface area (TPSA) is 49.0 Å². The van der Waals surface area contributed by atoms with Gasteiger partial charge in [-0.3, -0.25) is 0 Å². The SMILES string of the molecule is CNCCOCCOc1ccc(C(OC)OC)cc1. The monoisotopic (exact) mass is 269 g/mol. The minimum atomic E-state index is -0.334. The summed E-state index contributed by atoms with van der Waals surface area (Å²) in [5.41, 5.74) is 0.961. The lowest BCUT2D eigenvalue weighted by Crippen LogP contribution is -2.16. The zero-order valence-electron chi connectivity index (χ0n) is 11.8. The number of methoxy groups -OCH3 is 2. The molecule has 0 fully saturated rings. The van der Waals surface area contributed by atoms with E-state index in [1.165, 1.54) is 0 Å². The van der Waals surface area contributed by atoms with Crippen molar-refractivity contribution >= 4 is 0 Å². The number of hydrogen-bond acceptors (Lipinski definition) is 5. The summed E-state index contributed by atoms with van der Waals surface area (Å²) in [7, 11) is 5.12. The van der Waals surface area contributed by atoms with Crippen LogP contribution in [0.5, 0.6) is 5.75 Å². The van der Waals surface area contributed by atoms with Gasteiger partial charge in [0.25, 0.3) is 0 Å². The van der Waals surface area contributed by atoms with Gasteiger partial charge in [0.15, 0.2) is 6.29 Å². The Morgan fingerprint density at radius 3 is 2.26 bits per heavy atom. The first kappa shape index (κ1) is 15.9. The normalized spacial score (nSPS) is 10.9. The third-order valence-electron chi connectivity index (χ3n) is 2.57. The van der Waals surface area contributed by atoms with Gasteiger partial charge in [-0.1, -0.05) is 12.1 Å². The molecule has 1 aromatic rings. The second-order valence-electron chi connectivity index (χ2n) is 3.94. The van der Waals surface area contributed by atoms with Crippen molar-refractivity contribution in [2.75, 3.05) is 47.6 Å². The maximum Gasteiger partial charge on any atom is 0.183 e. The molecule has 0 aliphatic heterocycles. The molecule has 0 spiro atoms. The zero-order valence-corrected chi connectivity index (χ0v) is 11.8. The minimum absolute atomic E-state index is 0.334. The molecule has 0 unspecified atom stereocenters. The molecular formula is C14H23NO4. The molecule has 0 atom stereocenters. The Bertz CT molecular complexity index is 325. The first-order chi connectivity index (χ1) is 9.31. The lowest BCUT2D eigenvalue weighted by Gasteiger charge is -2.14. The van der Waals surface area contributed by atoms with Gasteiger partial charge < -0.3 is 24.3 Å². The molecule has 0 bridgehead atoms. The largest absolute Gasteiger partial charge is 0.491 e. The van der Waals surface area contributed by atoms with Crippen LogP contribution in [0.1, 0.15) is 11.9 Å². The molecule has 19 heavy (non-hydrogen) atoms. The highest BCUT2D eigenvalue weighted by molar-refractivity contribution is 5.27. The van der Waals surface area contributed by atoms with E-state index in [1.54, 1.807) is 14.2 Å². The van der Waals surface area contributed by atoms with Crippen molar-refractivity contribution < 1.29 is 18.9 Å². The Morgan fingerprint density at radius 2 is 1.68 bits per heavy atom. The Morgan fingerprint density at radius 1 is 1.00 bits per heavy atom. The van der Waals surface area contributed by atoms with Gasteiger partial charge >= 0.3 is 0 Å². The smallest absolute Gasteiger partial charge is 0.183 e. The van der Waals surface area contributed by atoms with Crippen molar-refractivity contribution in [3.63, 3.8) is 0 Å². The second-order valence-corrected chi connectivity index (χ2v) is 3.94. The summed E-state index contributed by atoms with van der Waals surface area (Å²) in [4.78, 5) is 0. The number of hydrogen-bond donors (Lipinski definition) is 1. The summed E-state index contributed by atoms with van der Waals surface area (Å²) in [5.74, 6) is 0.812. The maximum atomic E-state index is 5.56. The number of nitrogens with one attached hydrogen (secondary N) is 1. The summed E-state index contributed by atoms with van der Waals surface area (Å²) in [6, 6.07) is 7.64. The highest BCUT2D eigenvalue weighted by Crippen LogP contribution is 2.20. The molecule has 0 amide bonds. The Kier molecular flexibility index (Phi) is 8.16. The van der Waals surface area contributed by atoms with Crippen LogP contribution < -0.4 is 10.1 Å². The van der Waals surface area contributed by atoms with Gasteiger partial charge in [-0.05, 0) is 19.2 Å². The highest BCUT2D eigenvalue weighted by atomic mass is 16.7. The van der Waals surface area contributed by atoms with Gasteiger partial charge in [0.05, 0.1) is 13.2 Å². The molecule has 1 N–H and O–H groups in total. The summed E-state index contributed by atoms with van der Waals surface area (Å²) < 4.78 is 21.3. The molecule has 0 radical (unpaired) electrons. The van der Waals surface area contributed by atoms with E-state index in [4.69, 9.17) is 18.9 Å². The second kappa shape index (κ2) is 9.75. The predicted octanol–water partition coefficient (Wildman–Crippen LogP) is 1.59. The number of ether oxygens (including phenoxy) is 4. The van der Waals surface area contributed by atoms with E-state index in [-0.39, 0.29) is 6.29 Å². The predicted molar refractivity (Wildman–Crippen MR) is 73.4 cm³/mol.